The van der Waals surface area contributed by atoms with Crippen molar-refractivity contribution in [2.24, 2.45) is 0 Å². The number of halogens is 1. The van der Waals surface area contributed by atoms with E-state index >= 15 is 0 Å². The number of hydrogen-bond acceptors (Lipinski definition) is 3. The molecule has 2 N–H and O–H groups in total. The molecule has 0 saturated carbocycles. The molecular weight excluding hydrogens is 429 g/mol. The van der Waals surface area contributed by atoms with E-state index in [1.807, 2.05) is 47.2 Å². The second-order valence-corrected chi connectivity index (χ2v) is 8.42. The monoisotopic (exact) mass is 455 g/mol. The Morgan fingerprint density at radius 3 is 2.88 bits per heavy atom. The van der Waals surface area contributed by atoms with Gasteiger partial charge in [-0.15, -0.1) is 0 Å². The number of imidazole rings is 1. The summed E-state index contributed by atoms with van der Waals surface area (Å²) in [5.41, 5.74) is 4.46. The molecule has 5 aromatic rings. The third-order valence-electron chi connectivity index (χ3n) is 6.03. The third-order valence-corrected chi connectivity index (χ3v) is 6.03. The Hall–Kier alpha value is -4.00. The highest BCUT2D eigenvalue weighted by Crippen LogP contribution is 2.32. The molecule has 0 aliphatic heterocycles. The third kappa shape index (κ3) is 4.83. The maximum absolute atomic E-state index is 14.1. The van der Waals surface area contributed by atoms with Crippen molar-refractivity contribution in [3.63, 3.8) is 0 Å². The highest BCUT2D eigenvalue weighted by molar-refractivity contribution is 5.91. The largest absolute Gasteiger partial charge is 0.356 e. The van der Waals surface area contributed by atoms with Crippen LogP contribution in [0, 0.1) is 5.82 Å². The van der Waals surface area contributed by atoms with E-state index in [1.54, 1.807) is 24.7 Å². The predicted octanol–water partition coefficient (Wildman–Crippen LogP) is 5.25. The average molecular weight is 456 g/mol. The van der Waals surface area contributed by atoms with Gasteiger partial charge in [-0.25, -0.2) is 14.4 Å². The second-order valence-electron chi connectivity index (χ2n) is 8.42. The Labute approximate surface area is 196 Å². The van der Waals surface area contributed by atoms with Crippen LogP contribution in [0.2, 0.25) is 0 Å². The summed E-state index contributed by atoms with van der Waals surface area (Å²) >= 11 is 0. The van der Waals surface area contributed by atoms with Gasteiger partial charge in [0, 0.05) is 48.2 Å². The fraction of sp³-hybridized carbons (Fsp3) is 0.222. The molecule has 0 spiro atoms. The Balaban J connectivity index is 1.28. The van der Waals surface area contributed by atoms with Gasteiger partial charge >= 0.3 is 0 Å². The molecule has 6 nitrogen and oxygen atoms in total. The van der Waals surface area contributed by atoms with E-state index < -0.39 is 0 Å². The Bertz CT molecular complexity index is 1420. The minimum Gasteiger partial charge on any atom is -0.356 e. The molecule has 0 fully saturated rings. The van der Waals surface area contributed by atoms with Gasteiger partial charge in [-0.3, -0.25) is 4.79 Å². The first kappa shape index (κ1) is 21.8. The number of para-hydroxylation sites is 1. The van der Waals surface area contributed by atoms with Gasteiger partial charge in [0.25, 0.3) is 0 Å². The number of nitrogens with zero attached hydrogens (tertiary/aromatic N) is 3. The fourth-order valence-electron chi connectivity index (χ4n) is 4.33. The van der Waals surface area contributed by atoms with Crippen molar-refractivity contribution in [1.82, 2.24) is 24.8 Å². The molecule has 1 amide bonds. The van der Waals surface area contributed by atoms with Crippen molar-refractivity contribution in [2.75, 3.05) is 6.54 Å². The topological polar surface area (TPSA) is 75.6 Å². The lowest BCUT2D eigenvalue weighted by Crippen LogP contribution is -2.25. The van der Waals surface area contributed by atoms with E-state index in [4.69, 9.17) is 4.98 Å². The second kappa shape index (κ2) is 9.87. The van der Waals surface area contributed by atoms with E-state index in [0.29, 0.717) is 25.8 Å². The van der Waals surface area contributed by atoms with E-state index in [1.165, 1.54) is 6.07 Å². The highest BCUT2D eigenvalue weighted by atomic mass is 19.1. The summed E-state index contributed by atoms with van der Waals surface area (Å²) in [7, 11) is 0. The fourth-order valence-corrected chi connectivity index (χ4v) is 4.33. The molecule has 172 valence electrons. The van der Waals surface area contributed by atoms with Crippen LogP contribution in [0.1, 0.15) is 24.8 Å². The SMILES string of the molecule is O=C(CCCc1c(-c2ccc3ccccc3n2)[nH]c2ccc(F)cc12)NCCCn1ccnc1. The van der Waals surface area contributed by atoms with Gasteiger partial charge in [0.05, 0.1) is 23.2 Å². The van der Waals surface area contributed by atoms with Crippen LogP contribution in [-0.2, 0) is 17.8 Å². The number of benzene rings is 2. The van der Waals surface area contributed by atoms with Crippen LogP contribution in [0.3, 0.4) is 0 Å². The summed E-state index contributed by atoms with van der Waals surface area (Å²) in [6.45, 7) is 1.45. The van der Waals surface area contributed by atoms with Gasteiger partial charge in [0.2, 0.25) is 5.91 Å². The maximum Gasteiger partial charge on any atom is 0.220 e. The van der Waals surface area contributed by atoms with Crippen LogP contribution >= 0.6 is 0 Å². The van der Waals surface area contributed by atoms with Crippen molar-refractivity contribution in [2.45, 2.75) is 32.2 Å². The Kier molecular flexibility index (Phi) is 6.33. The summed E-state index contributed by atoms with van der Waals surface area (Å²) in [5, 5.41) is 4.89. The predicted molar refractivity (Wildman–Crippen MR) is 132 cm³/mol. The molecule has 0 bridgehead atoms. The minimum absolute atomic E-state index is 0.0297. The van der Waals surface area contributed by atoms with Crippen LogP contribution in [0.15, 0.2) is 73.3 Å². The van der Waals surface area contributed by atoms with Crippen molar-refractivity contribution in [3.8, 4) is 11.4 Å². The van der Waals surface area contributed by atoms with Gasteiger partial charge < -0.3 is 14.9 Å². The Morgan fingerprint density at radius 1 is 1.09 bits per heavy atom. The molecule has 0 aliphatic carbocycles. The number of fused-ring (bicyclic) bond motifs is 2. The number of carbonyl (C=O) groups excluding carboxylic acids is 1. The van der Waals surface area contributed by atoms with E-state index in [-0.39, 0.29) is 11.7 Å². The lowest BCUT2D eigenvalue weighted by molar-refractivity contribution is -0.121. The minimum atomic E-state index is -0.276. The van der Waals surface area contributed by atoms with E-state index in [0.717, 1.165) is 51.7 Å². The normalized spacial score (nSPS) is 11.3. The standard InChI is InChI=1S/C27H26FN5O/c28-20-10-12-24-22(17-20)21(6-3-8-26(34)30-13-4-15-33-16-14-29-18-33)27(32-24)25-11-9-19-5-1-2-7-23(19)31-25/h1-2,5,7,9-12,14,16-18,32H,3-4,6,8,13,15H2,(H,30,34). The molecular formula is C27H26FN5O. The van der Waals surface area contributed by atoms with Crippen molar-refractivity contribution in [1.29, 1.82) is 0 Å². The number of rotatable bonds is 9. The first-order valence-corrected chi connectivity index (χ1v) is 11.6. The van der Waals surface area contributed by atoms with Gasteiger partial charge in [0.15, 0.2) is 0 Å². The number of carbonyl (C=O) groups is 1. The van der Waals surface area contributed by atoms with Gasteiger partial charge in [-0.2, -0.15) is 0 Å². The molecule has 2 aromatic carbocycles. The average Bonchev–Trinajstić information content (AvgIpc) is 3.50. The lowest BCUT2D eigenvalue weighted by atomic mass is 10.0. The first-order chi connectivity index (χ1) is 16.7. The van der Waals surface area contributed by atoms with E-state index in [9.17, 15) is 9.18 Å². The van der Waals surface area contributed by atoms with Crippen LogP contribution in [0.25, 0.3) is 33.2 Å². The van der Waals surface area contributed by atoms with Gasteiger partial charge in [0.1, 0.15) is 5.82 Å². The van der Waals surface area contributed by atoms with Gasteiger partial charge in [-0.05, 0) is 55.2 Å². The number of aromatic nitrogens is 4. The number of pyridine rings is 1. The number of aromatic amines is 1. The Morgan fingerprint density at radius 2 is 2.00 bits per heavy atom. The molecule has 0 radical (unpaired) electrons. The smallest absolute Gasteiger partial charge is 0.220 e. The molecule has 0 atom stereocenters. The number of H-pyrrole nitrogens is 1. The number of aryl methyl sites for hydroxylation is 2. The summed E-state index contributed by atoms with van der Waals surface area (Å²) < 4.78 is 16.1. The molecule has 3 heterocycles. The molecule has 5 rings (SSSR count). The summed E-state index contributed by atoms with van der Waals surface area (Å²) in [5.74, 6) is -0.247. The number of nitrogens with one attached hydrogen (secondary N) is 2. The van der Waals surface area contributed by atoms with E-state index in [2.05, 4.69) is 15.3 Å². The van der Waals surface area contributed by atoms with Gasteiger partial charge in [-0.1, -0.05) is 24.3 Å². The molecule has 34 heavy (non-hydrogen) atoms. The van der Waals surface area contributed by atoms with Crippen molar-refractivity contribution >= 4 is 27.7 Å². The van der Waals surface area contributed by atoms with Crippen LogP contribution < -0.4 is 5.32 Å². The zero-order valence-electron chi connectivity index (χ0n) is 18.8. The van der Waals surface area contributed by atoms with Crippen LogP contribution in [-0.4, -0.2) is 32.0 Å². The zero-order valence-corrected chi connectivity index (χ0v) is 18.8. The van der Waals surface area contributed by atoms with Crippen molar-refractivity contribution in [3.05, 3.63) is 84.7 Å². The molecule has 0 saturated heterocycles. The lowest BCUT2D eigenvalue weighted by Gasteiger charge is -2.08. The summed E-state index contributed by atoms with van der Waals surface area (Å²) in [6.07, 6.45) is 8.00. The molecule has 0 aliphatic rings. The molecule has 0 unspecified atom stereocenters. The molecule has 3 aromatic heterocycles. The summed E-state index contributed by atoms with van der Waals surface area (Å²) in [6, 6.07) is 16.8. The number of hydrogen-bond donors (Lipinski definition) is 2. The van der Waals surface area contributed by atoms with Crippen molar-refractivity contribution < 1.29 is 9.18 Å². The number of amides is 1. The quantitative estimate of drug-likeness (QED) is 0.298. The maximum atomic E-state index is 14.1. The first-order valence-electron chi connectivity index (χ1n) is 11.6. The summed E-state index contributed by atoms with van der Waals surface area (Å²) in [4.78, 5) is 24.6. The van der Waals surface area contributed by atoms with Crippen LogP contribution in [0.5, 0.6) is 0 Å². The van der Waals surface area contributed by atoms with Crippen LogP contribution in [0.4, 0.5) is 4.39 Å². The molecule has 7 heteroatoms. The zero-order chi connectivity index (χ0) is 23.3. The highest BCUT2D eigenvalue weighted by Gasteiger charge is 2.16.